The van der Waals surface area contributed by atoms with Crippen LogP contribution in [-0.4, -0.2) is 11.7 Å². The molecule has 76 valence electrons. The summed E-state index contributed by atoms with van der Waals surface area (Å²) in [6, 6.07) is 0. The molecule has 0 bridgehead atoms. The second-order valence-electron chi connectivity index (χ2n) is 3.93. The van der Waals surface area contributed by atoms with Crippen molar-refractivity contribution in [2.45, 2.75) is 57.6 Å². The van der Waals surface area contributed by atoms with E-state index in [-0.39, 0.29) is 5.97 Å². The lowest BCUT2D eigenvalue weighted by Crippen LogP contribution is -2.44. The van der Waals surface area contributed by atoms with Crippen LogP contribution >= 0.6 is 0 Å². The minimum atomic E-state index is -0.674. The Bertz CT molecular complexity index is 172. The molecule has 3 heteroatoms. The number of hydrogen-bond donors (Lipinski definition) is 1. The van der Waals surface area contributed by atoms with Crippen LogP contribution in [-0.2, 0) is 9.53 Å². The molecule has 2 N–H and O–H groups in total. The maximum absolute atomic E-state index is 10.8. The number of esters is 1. The van der Waals surface area contributed by atoms with Gasteiger partial charge in [-0.3, -0.25) is 10.5 Å². The fourth-order valence-corrected chi connectivity index (χ4v) is 1.89. The molecule has 0 aromatic rings. The first-order valence-corrected chi connectivity index (χ1v) is 5.11. The van der Waals surface area contributed by atoms with E-state index in [4.69, 9.17) is 10.5 Å². The van der Waals surface area contributed by atoms with Gasteiger partial charge >= 0.3 is 5.97 Å². The van der Waals surface area contributed by atoms with Gasteiger partial charge in [0.2, 0.25) is 0 Å². The molecule has 1 rings (SSSR count). The average Bonchev–Trinajstić information content (AvgIpc) is 1.97. The van der Waals surface area contributed by atoms with Gasteiger partial charge in [0.1, 0.15) is 0 Å². The van der Waals surface area contributed by atoms with Crippen molar-refractivity contribution in [1.29, 1.82) is 0 Å². The normalized spacial score (nSPS) is 22.9. The van der Waals surface area contributed by atoms with Gasteiger partial charge in [0, 0.05) is 19.8 Å². The van der Waals surface area contributed by atoms with Crippen LogP contribution in [0, 0.1) is 0 Å². The highest BCUT2D eigenvalue weighted by molar-refractivity contribution is 5.66. The van der Waals surface area contributed by atoms with Crippen LogP contribution in [0.1, 0.15) is 51.9 Å². The van der Waals surface area contributed by atoms with Gasteiger partial charge in [-0.2, -0.15) is 0 Å². The SMILES string of the molecule is CC(=O)OC1(N)CCCCCCC1. The third-order valence-electron chi connectivity index (χ3n) is 2.55. The lowest BCUT2D eigenvalue weighted by atomic mass is 9.94. The summed E-state index contributed by atoms with van der Waals surface area (Å²) >= 11 is 0. The van der Waals surface area contributed by atoms with E-state index in [1.807, 2.05) is 0 Å². The van der Waals surface area contributed by atoms with Crippen molar-refractivity contribution < 1.29 is 9.53 Å². The Morgan fingerprint density at radius 1 is 1.15 bits per heavy atom. The van der Waals surface area contributed by atoms with Crippen molar-refractivity contribution in [3.63, 3.8) is 0 Å². The molecular weight excluding hydrogens is 166 g/mol. The highest BCUT2D eigenvalue weighted by Gasteiger charge is 2.28. The Hall–Kier alpha value is -0.570. The highest BCUT2D eigenvalue weighted by Crippen LogP contribution is 2.25. The summed E-state index contributed by atoms with van der Waals surface area (Å²) in [5, 5.41) is 0. The van der Waals surface area contributed by atoms with Crippen molar-refractivity contribution >= 4 is 5.97 Å². The second kappa shape index (κ2) is 4.61. The van der Waals surface area contributed by atoms with Crippen molar-refractivity contribution in [2.24, 2.45) is 5.73 Å². The summed E-state index contributed by atoms with van der Waals surface area (Å²) in [6.07, 6.45) is 7.48. The van der Waals surface area contributed by atoms with Crippen LogP contribution in [0.3, 0.4) is 0 Å². The molecule has 1 aliphatic carbocycles. The number of hydrogen-bond acceptors (Lipinski definition) is 3. The molecule has 0 aromatic carbocycles. The number of nitrogens with two attached hydrogens (primary N) is 1. The maximum Gasteiger partial charge on any atom is 0.304 e. The van der Waals surface area contributed by atoms with Gasteiger partial charge in [0.25, 0.3) is 0 Å². The van der Waals surface area contributed by atoms with E-state index in [0.29, 0.717) is 0 Å². The first-order valence-electron chi connectivity index (χ1n) is 5.11. The summed E-state index contributed by atoms with van der Waals surface area (Å²) in [6.45, 7) is 1.42. The molecule has 0 spiro atoms. The third kappa shape index (κ3) is 3.77. The molecule has 0 atom stereocenters. The van der Waals surface area contributed by atoms with E-state index >= 15 is 0 Å². The van der Waals surface area contributed by atoms with Crippen LogP contribution in [0.25, 0.3) is 0 Å². The molecule has 0 heterocycles. The molecule has 0 amide bonds. The Morgan fingerprint density at radius 3 is 2.08 bits per heavy atom. The fraction of sp³-hybridized carbons (Fsp3) is 0.900. The Labute approximate surface area is 79.6 Å². The van der Waals surface area contributed by atoms with Gasteiger partial charge in [-0.1, -0.05) is 19.3 Å². The van der Waals surface area contributed by atoms with Crippen molar-refractivity contribution in [2.75, 3.05) is 0 Å². The Kier molecular flexibility index (Phi) is 3.72. The highest BCUT2D eigenvalue weighted by atomic mass is 16.6. The van der Waals surface area contributed by atoms with Gasteiger partial charge in [-0.25, -0.2) is 0 Å². The lowest BCUT2D eigenvalue weighted by molar-refractivity contribution is -0.158. The van der Waals surface area contributed by atoms with Crippen LogP contribution in [0.4, 0.5) is 0 Å². The van der Waals surface area contributed by atoms with Gasteiger partial charge in [0.15, 0.2) is 5.72 Å². The minimum absolute atomic E-state index is 0.261. The van der Waals surface area contributed by atoms with Crippen LogP contribution in [0.2, 0.25) is 0 Å². The number of ether oxygens (including phenoxy) is 1. The fourth-order valence-electron chi connectivity index (χ4n) is 1.89. The molecule has 0 aliphatic heterocycles. The average molecular weight is 185 g/mol. The molecule has 1 fully saturated rings. The zero-order valence-electron chi connectivity index (χ0n) is 8.34. The summed E-state index contributed by atoms with van der Waals surface area (Å²) in [5.41, 5.74) is 5.31. The molecule has 1 saturated carbocycles. The number of rotatable bonds is 1. The van der Waals surface area contributed by atoms with E-state index in [1.54, 1.807) is 0 Å². The first kappa shape index (κ1) is 10.5. The standard InChI is InChI=1S/C10H19NO2/c1-9(12)13-10(11)7-5-3-2-4-6-8-10/h2-8,11H2,1H3. The smallest absolute Gasteiger partial charge is 0.304 e. The molecule has 3 nitrogen and oxygen atoms in total. The number of carbonyl (C=O) groups is 1. The summed E-state index contributed by atoms with van der Waals surface area (Å²) in [4.78, 5) is 10.8. The summed E-state index contributed by atoms with van der Waals surface area (Å²) in [7, 11) is 0. The van der Waals surface area contributed by atoms with E-state index in [0.717, 1.165) is 25.7 Å². The topological polar surface area (TPSA) is 52.3 Å². The van der Waals surface area contributed by atoms with Gasteiger partial charge in [-0.15, -0.1) is 0 Å². The lowest BCUT2D eigenvalue weighted by Gasteiger charge is -2.30. The largest absolute Gasteiger partial charge is 0.444 e. The molecule has 0 unspecified atom stereocenters. The predicted molar refractivity (Wildman–Crippen MR) is 51.0 cm³/mol. The molecular formula is C10H19NO2. The molecule has 13 heavy (non-hydrogen) atoms. The first-order chi connectivity index (χ1) is 6.12. The van der Waals surface area contributed by atoms with Crippen molar-refractivity contribution in [1.82, 2.24) is 0 Å². The monoisotopic (exact) mass is 185 g/mol. The zero-order valence-corrected chi connectivity index (χ0v) is 8.34. The summed E-state index contributed by atoms with van der Waals surface area (Å²) < 4.78 is 5.15. The molecule has 0 aromatic heterocycles. The maximum atomic E-state index is 10.8. The predicted octanol–water partition coefficient (Wildman–Crippen LogP) is 1.95. The van der Waals surface area contributed by atoms with Crippen LogP contribution < -0.4 is 5.73 Å². The molecule has 0 radical (unpaired) electrons. The minimum Gasteiger partial charge on any atom is -0.444 e. The van der Waals surface area contributed by atoms with Crippen LogP contribution in [0.15, 0.2) is 0 Å². The Balaban J connectivity index is 2.46. The van der Waals surface area contributed by atoms with Crippen molar-refractivity contribution in [3.05, 3.63) is 0 Å². The van der Waals surface area contributed by atoms with Gasteiger partial charge in [-0.05, 0) is 12.8 Å². The third-order valence-corrected chi connectivity index (χ3v) is 2.55. The van der Waals surface area contributed by atoms with E-state index in [2.05, 4.69) is 0 Å². The van der Waals surface area contributed by atoms with E-state index < -0.39 is 5.72 Å². The second-order valence-corrected chi connectivity index (χ2v) is 3.93. The van der Waals surface area contributed by atoms with Gasteiger partial charge in [0.05, 0.1) is 0 Å². The van der Waals surface area contributed by atoms with Gasteiger partial charge < -0.3 is 4.74 Å². The number of carbonyl (C=O) groups excluding carboxylic acids is 1. The zero-order chi connectivity index (χ0) is 9.73. The van der Waals surface area contributed by atoms with Crippen molar-refractivity contribution in [3.8, 4) is 0 Å². The van der Waals surface area contributed by atoms with E-state index in [1.165, 1.54) is 26.2 Å². The molecule has 0 saturated heterocycles. The van der Waals surface area contributed by atoms with Crippen LogP contribution in [0.5, 0.6) is 0 Å². The quantitative estimate of drug-likeness (QED) is 0.502. The summed E-state index contributed by atoms with van der Waals surface area (Å²) in [5.74, 6) is -0.261. The molecule has 1 aliphatic rings. The Morgan fingerprint density at radius 2 is 1.62 bits per heavy atom. The van der Waals surface area contributed by atoms with E-state index in [9.17, 15) is 4.79 Å².